The van der Waals surface area contributed by atoms with Crippen molar-refractivity contribution in [3.63, 3.8) is 0 Å². The lowest BCUT2D eigenvalue weighted by atomic mass is 9.80. The molecule has 0 saturated heterocycles. The Hall–Kier alpha value is -10.3. The highest BCUT2D eigenvalue weighted by atomic mass is 16.3. The van der Waals surface area contributed by atoms with E-state index in [-0.39, 0.29) is 21.7 Å². The molecule has 0 N–H and O–H groups in total. The van der Waals surface area contributed by atoms with E-state index in [1.165, 1.54) is 54.8 Å². The van der Waals surface area contributed by atoms with Crippen molar-refractivity contribution in [2.24, 2.45) is 0 Å². The fraction of sp³-hybridized carbons (Fsp3) is 0.186. The molecule has 0 spiro atoms. The van der Waals surface area contributed by atoms with Crippen molar-refractivity contribution in [1.82, 2.24) is 9.13 Å². The molecular formula is C86H76N4O2. The lowest BCUT2D eigenvalue weighted by Crippen LogP contribution is -2.17. The van der Waals surface area contributed by atoms with E-state index in [1.54, 1.807) is 0 Å². The average Bonchev–Trinajstić information content (AvgIpc) is 1.56. The number of benzene rings is 12. The highest BCUT2D eigenvalue weighted by Crippen LogP contribution is 2.50. The summed E-state index contributed by atoms with van der Waals surface area (Å²) in [5.74, 6) is 0. The number of aromatic nitrogens is 2. The molecule has 4 aromatic heterocycles. The van der Waals surface area contributed by atoms with Crippen molar-refractivity contribution in [2.45, 2.75) is 105 Å². The number of furan rings is 2. The van der Waals surface area contributed by atoms with Crippen molar-refractivity contribution >= 4 is 132 Å². The van der Waals surface area contributed by atoms with Gasteiger partial charge in [-0.3, -0.25) is 0 Å². The zero-order valence-electron chi connectivity index (χ0n) is 54.7. The first-order chi connectivity index (χ1) is 44.2. The molecule has 0 aliphatic heterocycles. The number of anilines is 6. The van der Waals surface area contributed by atoms with Crippen LogP contribution in [0.1, 0.15) is 105 Å². The van der Waals surface area contributed by atoms with E-state index in [1.807, 2.05) is 0 Å². The minimum atomic E-state index is -0.0598. The van der Waals surface area contributed by atoms with Crippen molar-refractivity contribution < 1.29 is 8.83 Å². The molecule has 452 valence electrons. The average molecular weight is 1200 g/mol. The van der Waals surface area contributed by atoms with Crippen LogP contribution in [0.5, 0.6) is 0 Å². The van der Waals surface area contributed by atoms with Gasteiger partial charge >= 0.3 is 0 Å². The lowest BCUT2D eigenvalue weighted by molar-refractivity contribution is 0.567. The molecule has 0 amide bonds. The van der Waals surface area contributed by atoms with Crippen LogP contribution in [0.4, 0.5) is 34.1 Å². The number of para-hydroxylation sites is 6. The lowest BCUT2D eigenvalue weighted by Gasteiger charge is -2.28. The number of hydrogen-bond donors (Lipinski definition) is 0. The van der Waals surface area contributed by atoms with Gasteiger partial charge in [-0.05, 0) is 177 Å². The van der Waals surface area contributed by atoms with Crippen LogP contribution >= 0.6 is 0 Å². The summed E-state index contributed by atoms with van der Waals surface area (Å²) in [4.78, 5) is 4.85. The largest absolute Gasteiger partial charge is 0.455 e. The van der Waals surface area contributed by atoms with Gasteiger partial charge in [0, 0.05) is 88.0 Å². The zero-order valence-corrected chi connectivity index (χ0v) is 54.7. The molecule has 0 radical (unpaired) electrons. The van der Waals surface area contributed by atoms with Gasteiger partial charge in [-0.1, -0.05) is 192 Å². The topological polar surface area (TPSA) is 42.6 Å². The third kappa shape index (κ3) is 9.20. The zero-order chi connectivity index (χ0) is 63.3. The van der Waals surface area contributed by atoms with E-state index in [0.717, 1.165) is 111 Å². The second kappa shape index (κ2) is 20.6. The number of hydrogen-bond acceptors (Lipinski definition) is 4. The number of nitrogens with zero attached hydrogens (tertiary/aromatic N) is 4. The van der Waals surface area contributed by atoms with Crippen molar-refractivity contribution in [1.29, 1.82) is 0 Å². The molecule has 16 aromatic rings. The van der Waals surface area contributed by atoms with Crippen molar-refractivity contribution in [3.05, 3.63) is 265 Å². The molecule has 0 fully saturated rings. The highest BCUT2D eigenvalue weighted by Gasteiger charge is 2.29. The summed E-state index contributed by atoms with van der Waals surface area (Å²) in [5.41, 5.74) is 21.6. The Morgan fingerprint density at radius 2 is 0.587 bits per heavy atom. The van der Waals surface area contributed by atoms with E-state index in [2.05, 4.69) is 345 Å². The Labute approximate surface area is 538 Å². The van der Waals surface area contributed by atoms with Gasteiger partial charge in [0.1, 0.15) is 22.3 Å². The number of rotatable bonds is 8. The van der Waals surface area contributed by atoms with Gasteiger partial charge in [-0.15, -0.1) is 0 Å². The van der Waals surface area contributed by atoms with E-state index < -0.39 is 0 Å². The van der Waals surface area contributed by atoms with Gasteiger partial charge in [-0.2, -0.15) is 0 Å². The Bertz CT molecular complexity index is 5210. The van der Waals surface area contributed by atoms with Crippen LogP contribution in [-0.2, 0) is 21.7 Å². The van der Waals surface area contributed by atoms with Gasteiger partial charge in [0.05, 0.1) is 33.4 Å². The summed E-state index contributed by atoms with van der Waals surface area (Å²) >= 11 is 0. The predicted octanol–water partition coefficient (Wildman–Crippen LogP) is 25.0. The summed E-state index contributed by atoms with van der Waals surface area (Å²) in [7, 11) is 0. The van der Waals surface area contributed by atoms with Crippen molar-refractivity contribution in [3.8, 4) is 11.4 Å². The van der Waals surface area contributed by atoms with E-state index in [4.69, 9.17) is 8.83 Å². The molecule has 12 aromatic carbocycles. The first-order valence-electron chi connectivity index (χ1n) is 32.5. The van der Waals surface area contributed by atoms with Crippen LogP contribution in [0, 0.1) is 0 Å². The monoisotopic (exact) mass is 1200 g/mol. The van der Waals surface area contributed by atoms with Gasteiger partial charge in [0.15, 0.2) is 0 Å². The van der Waals surface area contributed by atoms with Crippen LogP contribution in [-0.4, -0.2) is 9.13 Å². The standard InChI is InChI=1S/C86H76N4O2/c1-83(2,3)53-45-54(84(4,5)6)48-61(47-53)89-73-33-21-19-29-63(73)65-31-23-35-75(79(65)89)87(57-25-15-13-16-26-57)59-37-43-77-71(51-59)69-41-39-68-67(81(69)91-77)40-42-70-72-52-60(38-44-78(72)92-82(68)70)88(58-27-17-14-18-28-58)76-36-24-32-66-64-30-20-22-34-74(64)90(80(66)76)62-49-55(85(7,8)9)46-56(50-62)86(10,11)12/h13-52H,1-12H3. The summed E-state index contributed by atoms with van der Waals surface area (Å²) in [6.45, 7) is 27.8. The van der Waals surface area contributed by atoms with Gasteiger partial charge in [-0.25, -0.2) is 0 Å². The Kier molecular flexibility index (Phi) is 12.7. The molecule has 0 aliphatic rings. The second-order valence-corrected chi connectivity index (χ2v) is 29.5. The minimum Gasteiger partial charge on any atom is -0.455 e. The second-order valence-electron chi connectivity index (χ2n) is 29.5. The fourth-order valence-electron chi connectivity index (χ4n) is 14.2. The molecule has 16 rings (SSSR count). The first kappa shape index (κ1) is 56.9. The molecule has 0 aliphatic carbocycles. The van der Waals surface area contributed by atoms with Gasteiger partial charge in [0.2, 0.25) is 0 Å². The smallest absolute Gasteiger partial charge is 0.143 e. The van der Waals surface area contributed by atoms with Gasteiger partial charge < -0.3 is 27.8 Å². The summed E-state index contributed by atoms with van der Waals surface area (Å²) in [5, 5.41) is 11.0. The Balaban J connectivity index is 0.848. The van der Waals surface area contributed by atoms with Crippen LogP contribution in [0.3, 0.4) is 0 Å². The summed E-state index contributed by atoms with van der Waals surface area (Å²) < 4.78 is 19.1. The predicted molar refractivity (Wildman–Crippen MR) is 391 cm³/mol. The van der Waals surface area contributed by atoms with E-state index in [0.29, 0.717) is 0 Å². The van der Waals surface area contributed by atoms with Crippen molar-refractivity contribution in [2.75, 3.05) is 9.80 Å². The maximum absolute atomic E-state index is 7.02. The highest BCUT2D eigenvalue weighted by molar-refractivity contribution is 6.24. The Morgan fingerprint density at radius 1 is 0.261 bits per heavy atom. The first-order valence-corrected chi connectivity index (χ1v) is 32.5. The SMILES string of the molecule is CC(C)(C)c1cc(-n2c3ccccc3c3cccc(N(c4ccccc4)c4ccc5oc6c(ccc7c6ccc6c8cc(N(c9ccccc9)c9cccc%10c%11ccccc%11n(-c%11cc(C(C)(C)C)cc(C(C)(C)C)c%11)c9%10)ccc8oc67)c5c4)c32)cc(C(C)(C)C)c1. The molecule has 4 heterocycles. The quantitative estimate of drug-likeness (QED) is 0.152. The molecular weight excluding hydrogens is 1120 g/mol. The van der Waals surface area contributed by atoms with E-state index >= 15 is 0 Å². The molecule has 0 bridgehead atoms. The third-order valence-corrected chi connectivity index (χ3v) is 19.2. The van der Waals surface area contributed by atoms with Crippen LogP contribution in [0.15, 0.2) is 251 Å². The number of fused-ring (bicyclic) bond motifs is 15. The molecule has 92 heavy (non-hydrogen) atoms. The summed E-state index contributed by atoms with van der Waals surface area (Å²) in [6.07, 6.45) is 0. The maximum Gasteiger partial charge on any atom is 0.143 e. The summed E-state index contributed by atoms with van der Waals surface area (Å²) in [6, 6.07) is 89.6. The molecule has 0 saturated carbocycles. The molecule has 0 atom stereocenters. The molecule has 6 nitrogen and oxygen atoms in total. The third-order valence-electron chi connectivity index (χ3n) is 19.2. The molecule has 0 unspecified atom stereocenters. The van der Waals surface area contributed by atoms with Crippen LogP contribution < -0.4 is 9.80 Å². The molecule has 6 heteroatoms. The normalized spacial score (nSPS) is 12.8. The maximum atomic E-state index is 7.02. The Morgan fingerprint density at radius 3 is 0.946 bits per heavy atom. The minimum absolute atomic E-state index is 0.0598. The van der Waals surface area contributed by atoms with E-state index in [9.17, 15) is 0 Å². The van der Waals surface area contributed by atoms with Gasteiger partial charge in [0.25, 0.3) is 0 Å². The fourth-order valence-corrected chi connectivity index (χ4v) is 14.2. The van der Waals surface area contributed by atoms with Crippen LogP contribution in [0.2, 0.25) is 0 Å². The van der Waals surface area contributed by atoms with Crippen LogP contribution in [0.25, 0.3) is 110 Å².